The average molecular weight is 251 g/mol. The molecule has 0 spiro atoms. The molecule has 2 aromatic heterocycles. The van der Waals surface area contributed by atoms with Crippen LogP contribution in [0.25, 0.3) is 0 Å². The van der Waals surface area contributed by atoms with Crippen LogP contribution in [0.3, 0.4) is 0 Å². The van der Waals surface area contributed by atoms with Crippen molar-refractivity contribution < 1.29 is 4.79 Å². The first-order chi connectivity index (χ1) is 8.24. The van der Waals surface area contributed by atoms with E-state index in [1.165, 1.54) is 17.0 Å². The molecule has 0 atom stereocenters. The summed E-state index contributed by atoms with van der Waals surface area (Å²) in [7, 11) is 0. The quantitative estimate of drug-likeness (QED) is 0.622. The number of hydrogen-bond acceptors (Lipinski definition) is 6. The minimum atomic E-state index is -0.264. The van der Waals surface area contributed by atoms with Crippen molar-refractivity contribution in [2.45, 2.75) is 23.8 Å². The molecule has 0 radical (unpaired) electrons. The first-order valence-electron chi connectivity index (χ1n) is 4.85. The zero-order chi connectivity index (χ0) is 12.3. The van der Waals surface area contributed by atoms with Crippen LogP contribution in [-0.2, 0) is 6.54 Å². The van der Waals surface area contributed by atoms with Gasteiger partial charge in [-0.1, -0.05) is 0 Å². The summed E-state index contributed by atoms with van der Waals surface area (Å²) in [6.45, 7) is 2.36. The number of nitrogens with zero attached hydrogens (tertiary/aromatic N) is 4. The molecule has 1 N–H and O–H groups in total. The Labute approximate surface area is 100 Å². The number of H-pyrrole nitrogens is 1. The highest BCUT2D eigenvalue weighted by Crippen LogP contribution is 2.20. The van der Waals surface area contributed by atoms with E-state index in [1.807, 2.05) is 6.92 Å². The maximum atomic E-state index is 11.3. The fourth-order valence-electron chi connectivity index (χ4n) is 1.18. The van der Waals surface area contributed by atoms with Gasteiger partial charge in [-0.3, -0.25) is 9.36 Å². The van der Waals surface area contributed by atoms with Gasteiger partial charge in [0, 0.05) is 18.9 Å². The number of aromatic amines is 1. The van der Waals surface area contributed by atoms with Gasteiger partial charge in [-0.15, -0.1) is 5.10 Å². The van der Waals surface area contributed by atoms with Crippen LogP contribution in [0.1, 0.15) is 17.3 Å². The number of hydrogen-bond donors (Lipinski definition) is 1. The van der Waals surface area contributed by atoms with Crippen LogP contribution >= 0.6 is 11.8 Å². The summed E-state index contributed by atoms with van der Waals surface area (Å²) in [6.07, 6.45) is 3.51. The summed E-state index contributed by atoms with van der Waals surface area (Å²) < 4.78 is 1.47. The Morgan fingerprint density at radius 3 is 2.76 bits per heavy atom. The fourth-order valence-corrected chi connectivity index (χ4v) is 1.97. The van der Waals surface area contributed by atoms with Gasteiger partial charge in [0.2, 0.25) is 0 Å². The summed E-state index contributed by atoms with van der Waals surface area (Å²) in [5.41, 5.74) is 0.142. The third-order valence-corrected chi connectivity index (χ3v) is 2.89. The fraction of sp³-hybridized carbons (Fsp3) is 0.222. The Bertz CT molecular complexity index is 574. The van der Waals surface area contributed by atoms with Gasteiger partial charge < -0.3 is 0 Å². The molecule has 0 fully saturated rings. The van der Waals surface area contributed by atoms with Gasteiger partial charge in [0.05, 0.1) is 5.56 Å². The van der Waals surface area contributed by atoms with E-state index in [1.54, 1.807) is 0 Å². The van der Waals surface area contributed by atoms with Gasteiger partial charge in [-0.25, -0.2) is 19.9 Å². The van der Waals surface area contributed by atoms with Crippen molar-refractivity contribution in [3.05, 3.63) is 28.4 Å². The molecule has 0 aliphatic heterocycles. The molecule has 0 amide bonds. The molecular formula is C9H9N5O2S. The van der Waals surface area contributed by atoms with Gasteiger partial charge in [0.1, 0.15) is 0 Å². The molecule has 0 bridgehead atoms. The normalized spacial score (nSPS) is 10.4. The predicted octanol–water partition coefficient (Wildman–Crippen LogP) is 0.345. The first-order valence-corrected chi connectivity index (χ1v) is 5.66. The second-order valence-corrected chi connectivity index (χ2v) is 4.01. The van der Waals surface area contributed by atoms with E-state index < -0.39 is 0 Å². The summed E-state index contributed by atoms with van der Waals surface area (Å²) >= 11 is 1.16. The van der Waals surface area contributed by atoms with Gasteiger partial charge >= 0.3 is 5.69 Å². The average Bonchev–Trinajstić information content (AvgIpc) is 2.71. The molecule has 0 aliphatic carbocycles. The van der Waals surface area contributed by atoms with E-state index >= 15 is 0 Å². The molecule has 0 aliphatic rings. The lowest BCUT2D eigenvalue weighted by molar-refractivity contribution is 0.112. The second kappa shape index (κ2) is 4.91. The van der Waals surface area contributed by atoms with Crippen LogP contribution < -0.4 is 5.69 Å². The predicted molar refractivity (Wildman–Crippen MR) is 60.1 cm³/mol. The molecule has 8 heteroatoms. The van der Waals surface area contributed by atoms with Crippen LogP contribution in [0.5, 0.6) is 0 Å². The number of nitrogens with one attached hydrogen (secondary N) is 1. The van der Waals surface area contributed by atoms with Crippen LogP contribution in [-0.4, -0.2) is 31.0 Å². The second-order valence-electron chi connectivity index (χ2n) is 3.07. The summed E-state index contributed by atoms with van der Waals surface area (Å²) in [5, 5.41) is 7.15. The summed E-state index contributed by atoms with van der Waals surface area (Å²) in [4.78, 5) is 29.7. The SMILES string of the molecule is CCn1c(Sc2ncc(C=O)cn2)n[nH]c1=O. The lowest BCUT2D eigenvalue weighted by Crippen LogP contribution is -2.16. The smallest absolute Gasteiger partial charge is 0.298 e. The van der Waals surface area contributed by atoms with Gasteiger partial charge in [-0.05, 0) is 18.7 Å². The molecule has 7 nitrogen and oxygen atoms in total. The van der Waals surface area contributed by atoms with E-state index in [0.29, 0.717) is 28.7 Å². The third-order valence-electron chi connectivity index (χ3n) is 2.01. The highest BCUT2D eigenvalue weighted by Gasteiger charge is 2.09. The van der Waals surface area contributed by atoms with E-state index in [2.05, 4.69) is 20.2 Å². The standard InChI is InChI=1S/C9H9N5O2S/c1-2-14-8(16)12-13-9(14)17-7-10-3-6(5-15)4-11-7/h3-5H,2H2,1H3,(H,12,16). The minimum Gasteiger partial charge on any atom is -0.298 e. The van der Waals surface area contributed by atoms with Gasteiger partial charge in [0.15, 0.2) is 16.6 Å². The van der Waals surface area contributed by atoms with Crippen LogP contribution in [0.4, 0.5) is 0 Å². The lowest BCUT2D eigenvalue weighted by atomic mass is 10.4. The molecule has 2 aromatic rings. The molecular weight excluding hydrogens is 242 g/mol. The Hall–Kier alpha value is -1.96. The number of aromatic nitrogens is 5. The summed E-state index contributed by atoms with van der Waals surface area (Å²) in [6, 6.07) is 0. The maximum Gasteiger partial charge on any atom is 0.343 e. The highest BCUT2D eigenvalue weighted by molar-refractivity contribution is 7.99. The van der Waals surface area contributed by atoms with E-state index in [0.717, 1.165) is 11.8 Å². The van der Waals surface area contributed by atoms with Crippen molar-refractivity contribution in [2.75, 3.05) is 0 Å². The Kier molecular flexibility index (Phi) is 3.33. The zero-order valence-corrected chi connectivity index (χ0v) is 9.77. The van der Waals surface area contributed by atoms with Crippen LogP contribution in [0, 0.1) is 0 Å². The first kappa shape index (κ1) is 11.5. The molecule has 2 heterocycles. The summed E-state index contributed by atoms with van der Waals surface area (Å²) in [5.74, 6) is 0. The highest BCUT2D eigenvalue weighted by atomic mass is 32.2. The molecule has 0 saturated heterocycles. The van der Waals surface area contributed by atoms with Crippen molar-refractivity contribution in [3.63, 3.8) is 0 Å². The molecule has 0 saturated carbocycles. The minimum absolute atomic E-state index is 0.264. The van der Waals surface area contributed by atoms with Crippen molar-refractivity contribution in [2.24, 2.45) is 0 Å². The molecule has 0 unspecified atom stereocenters. The van der Waals surface area contributed by atoms with Crippen molar-refractivity contribution in [1.82, 2.24) is 24.7 Å². The molecule has 17 heavy (non-hydrogen) atoms. The van der Waals surface area contributed by atoms with Gasteiger partial charge in [0.25, 0.3) is 0 Å². The van der Waals surface area contributed by atoms with Crippen molar-refractivity contribution in [1.29, 1.82) is 0 Å². The van der Waals surface area contributed by atoms with Crippen molar-refractivity contribution >= 4 is 18.0 Å². The number of rotatable bonds is 4. The molecule has 2 rings (SSSR count). The van der Waals surface area contributed by atoms with Crippen molar-refractivity contribution in [3.8, 4) is 0 Å². The largest absolute Gasteiger partial charge is 0.343 e. The Morgan fingerprint density at radius 1 is 1.47 bits per heavy atom. The number of carbonyl (C=O) groups is 1. The van der Waals surface area contributed by atoms with E-state index in [9.17, 15) is 9.59 Å². The number of carbonyl (C=O) groups excluding carboxylic acids is 1. The van der Waals surface area contributed by atoms with E-state index in [4.69, 9.17) is 0 Å². The van der Waals surface area contributed by atoms with Gasteiger partial charge in [-0.2, -0.15) is 0 Å². The van der Waals surface area contributed by atoms with Crippen LogP contribution in [0.15, 0.2) is 27.5 Å². The Morgan fingerprint density at radius 2 is 2.18 bits per heavy atom. The number of aldehydes is 1. The zero-order valence-electron chi connectivity index (χ0n) is 8.95. The van der Waals surface area contributed by atoms with Crippen LogP contribution in [0.2, 0.25) is 0 Å². The monoisotopic (exact) mass is 251 g/mol. The Balaban J connectivity index is 2.24. The molecule has 88 valence electrons. The van der Waals surface area contributed by atoms with E-state index in [-0.39, 0.29) is 5.69 Å². The third kappa shape index (κ3) is 2.41. The topological polar surface area (TPSA) is 93.5 Å². The molecule has 0 aromatic carbocycles. The maximum absolute atomic E-state index is 11.3. The lowest BCUT2D eigenvalue weighted by Gasteiger charge is -2.00.